The third kappa shape index (κ3) is 6.11. The van der Waals surface area contributed by atoms with Crippen molar-refractivity contribution in [2.24, 2.45) is 0 Å². The Kier molecular flexibility index (Phi) is 9.17. The molecule has 0 bridgehead atoms. The van der Waals surface area contributed by atoms with Crippen LogP contribution in [-0.4, -0.2) is 81.0 Å². The summed E-state index contributed by atoms with van der Waals surface area (Å²) < 4.78 is 0. The standard InChI is InChI=1S/C35H38N4O6/c1-24-30(33(40)41)35(3,28-15-10-16-29(23-28)39(44)45)31(34(42)43)25(2)38(24)22-19-36-17-20-37(21-18-36)32(26-11-6-4-7-12-26)27-13-8-5-9-14-27/h4-16,23,32H,17-22H2,1-3H3,(H,40,41)(H,42,43). The Morgan fingerprint density at radius 2 is 1.31 bits per heavy atom. The molecule has 0 amide bonds. The molecule has 2 aliphatic rings. The molecule has 0 saturated carbocycles. The molecule has 0 radical (unpaired) electrons. The molecule has 0 atom stereocenters. The van der Waals surface area contributed by atoms with Crippen LogP contribution in [0, 0.1) is 10.1 Å². The number of carboxylic acids is 2. The number of piperazine rings is 1. The van der Waals surface area contributed by atoms with Gasteiger partial charge in [-0.15, -0.1) is 0 Å². The highest BCUT2D eigenvalue weighted by Crippen LogP contribution is 2.47. The summed E-state index contributed by atoms with van der Waals surface area (Å²) >= 11 is 0. The van der Waals surface area contributed by atoms with E-state index in [2.05, 4.69) is 58.3 Å². The van der Waals surface area contributed by atoms with Crippen molar-refractivity contribution < 1.29 is 24.7 Å². The number of nitro benzene ring substituents is 1. The van der Waals surface area contributed by atoms with Crippen LogP contribution in [0.3, 0.4) is 0 Å². The lowest BCUT2D eigenvalue weighted by Crippen LogP contribution is -2.50. The molecule has 1 fully saturated rings. The first-order chi connectivity index (χ1) is 21.5. The predicted octanol–water partition coefficient (Wildman–Crippen LogP) is 5.29. The molecule has 0 aliphatic carbocycles. The number of carboxylic acid groups (broad SMARTS) is 2. The van der Waals surface area contributed by atoms with Gasteiger partial charge < -0.3 is 15.1 Å². The number of non-ortho nitro benzene ring substituents is 1. The summed E-state index contributed by atoms with van der Waals surface area (Å²) in [5.41, 5.74) is 1.51. The Bertz CT molecular complexity index is 1570. The monoisotopic (exact) mass is 610 g/mol. The highest BCUT2D eigenvalue weighted by atomic mass is 16.6. The molecule has 10 heteroatoms. The minimum Gasteiger partial charge on any atom is -0.478 e. The number of nitrogens with zero attached hydrogens (tertiary/aromatic N) is 4. The van der Waals surface area contributed by atoms with E-state index < -0.39 is 22.3 Å². The molecule has 2 heterocycles. The van der Waals surface area contributed by atoms with E-state index in [-0.39, 0.29) is 28.4 Å². The number of benzene rings is 3. The second-order valence-corrected chi connectivity index (χ2v) is 11.7. The number of carbonyl (C=O) groups is 2. The maximum atomic E-state index is 12.8. The van der Waals surface area contributed by atoms with Gasteiger partial charge in [-0.1, -0.05) is 72.8 Å². The SMILES string of the molecule is CC1=C(C(=O)O)C(C)(c2cccc([N+](=O)[O-])c2)C(C(=O)O)=C(C)N1CCN1CCN(C(c2ccccc2)c2ccccc2)CC1. The highest BCUT2D eigenvalue weighted by Gasteiger charge is 2.49. The van der Waals surface area contributed by atoms with Gasteiger partial charge in [0, 0.05) is 62.8 Å². The number of hydrogen-bond donors (Lipinski definition) is 2. The van der Waals surface area contributed by atoms with Gasteiger partial charge in [0.1, 0.15) is 0 Å². The van der Waals surface area contributed by atoms with E-state index in [1.54, 1.807) is 24.8 Å². The number of nitro groups is 1. The van der Waals surface area contributed by atoms with Crippen LogP contribution in [0.1, 0.15) is 43.5 Å². The number of allylic oxidation sites excluding steroid dienone is 2. The van der Waals surface area contributed by atoms with Crippen molar-refractivity contribution in [3.8, 4) is 0 Å². The van der Waals surface area contributed by atoms with Gasteiger partial charge in [-0.05, 0) is 37.5 Å². The Labute approximate surface area is 262 Å². The average molecular weight is 611 g/mol. The van der Waals surface area contributed by atoms with E-state index in [0.717, 1.165) is 26.2 Å². The van der Waals surface area contributed by atoms with Crippen molar-refractivity contribution in [2.75, 3.05) is 39.3 Å². The fraction of sp³-hybridized carbons (Fsp3) is 0.314. The Morgan fingerprint density at radius 1 is 0.800 bits per heavy atom. The fourth-order valence-corrected chi connectivity index (χ4v) is 7.03. The van der Waals surface area contributed by atoms with Crippen molar-refractivity contribution in [1.82, 2.24) is 14.7 Å². The van der Waals surface area contributed by atoms with E-state index >= 15 is 0 Å². The molecular weight excluding hydrogens is 572 g/mol. The quantitative estimate of drug-likeness (QED) is 0.232. The van der Waals surface area contributed by atoms with E-state index in [0.29, 0.717) is 24.5 Å². The first-order valence-corrected chi connectivity index (χ1v) is 15.0. The van der Waals surface area contributed by atoms with Crippen LogP contribution in [0.15, 0.2) is 107 Å². The van der Waals surface area contributed by atoms with Gasteiger partial charge in [0.05, 0.1) is 27.5 Å². The Balaban J connectivity index is 1.38. The molecule has 5 rings (SSSR count). The maximum absolute atomic E-state index is 12.8. The van der Waals surface area contributed by atoms with Gasteiger partial charge in [-0.3, -0.25) is 19.9 Å². The minimum absolute atomic E-state index is 0.107. The first kappa shape index (κ1) is 31.6. The molecule has 10 nitrogen and oxygen atoms in total. The molecule has 0 aromatic heterocycles. The van der Waals surface area contributed by atoms with E-state index in [1.165, 1.54) is 36.2 Å². The summed E-state index contributed by atoms with van der Waals surface area (Å²) in [6.45, 7) is 9.18. The Hall–Kier alpha value is -4.80. The van der Waals surface area contributed by atoms with Crippen molar-refractivity contribution >= 4 is 17.6 Å². The zero-order valence-corrected chi connectivity index (χ0v) is 25.7. The number of hydrogen-bond acceptors (Lipinski definition) is 7. The van der Waals surface area contributed by atoms with Crippen LogP contribution in [-0.2, 0) is 15.0 Å². The van der Waals surface area contributed by atoms with Crippen LogP contribution in [0.25, 0.3) is 0 Å². The van der Waals surface area contributed by atoms with Crippen molar-refractivity contribution in [2.45, 2.75) is 32.2 Å². The number of rotatable bonds is 10. The third-order valence-corrected chi connectivity index (χ3v) is 9.24. The van der Waals surface area contributed by atoms with E-state index in [1.807, 2.05) is 12.1 Å². The molecule has 2 N–H and O–H groups in total. The minimum atomic E-state index is -1.61. The van der Waals surface area contributed by atoms with Crippen LogP contribution in [0.5, 0.6) is 0 Å². The van der Waals surface area contributed by atoms with Gasteiger partial charge in [-0.2, -0.15) is 0 Å². The summed E-state index contributed by atoms with van der Waals surface area (Å²) in [6.07, 6.45) is 0. The summed E-state index contributed by atoms with van der Waals surface area (Å²) in [5.74, 6) is -2.53. The molecule has 3 aromatic rings. The summed E-state index contributed by atoms with van der Waals surface area (Å²) in [4.78, 5) is 43.1. The highest BCUT2D eigenvalue weighted by molar-refractivity contribution is 6.00. The topological polar surface area (TPSA) is 127 Å². The normalized spacial score (nSPS) is 17.6. The van der Waals surface area contributed by atoms with Crippen molar-refractivity contribution in [3.05, 3.63) is 134 Å². The van der Waals surface area contributed by atoms with Crippen molar-refractivity contribution in [1.29, 1.82) is 0 Å². The summed E-state index contributed by atoms with van der Waals surface area (Å²) in [7, 11) is 0. The second-order valence-electron chi connectivity index (χ2n) is 11.7. The molecule has 1 saturated heterocycles. The first-order valence-electron chi connectivity index (χ1n) is 15.0. The predicted molar refractivity (Wildman–Crippen MR) is 171 cm³/mol. The van der Waals surface area contributed by atoms with Gasteiger partial charge >= 0.3 is 11.9 Å². The van der Waals surface area contributed by atoms with Gasteiger partial charge in [0.15, 0.2) is 0 Å². The zero-order valence-electron chi connectivity index (χ0n) is 25.7. The Morgan fingerprint density at radius 3 is 1.78 bits per heavy atom. The number of aliphatic carboxylic acids is 2. The summed E-state index contributed by atoms with van der Waals surface area (Å²) in [6, 6.07) is 26.6. The van der Waals surface area contributed by atoms with Gasteiger partial charge in [-0.25, -0.2) is 9.59 Å². The van der Waals surface area contributed by atoms with E-state index in [4.69, 9.17) is 0 Å². The van der Waals surface area contributed by atoms with Crippen LogP contribution < -0.4 is 0 Å². The lowest BCUT2D eigenvalue weighted by molar-refractivity contribution is -0.385. The fourth-order valence-electron chi connectivity index (χ4n) is 7.03. The van der Waals surface area contributed by atoms with Gasteiger partial charge in [0.2, 0.25) is 0 Å². The molecular formula is C35H38N4O6. The maximum Gasteiger partial charge on any atom is 0.334 e. The molecule has 3 aromatic carbocycles. The average Bonchev–Trinajstić information content (AvgIpc) is 3.02. The lowest BCUT2D eigenvalue weighted by atomic mass is 9.67. The molecule has 0 spiro atoms. The lowest BCUT2D eigenvalue weighted by Gasteiger charge is -2.44. The summed E-state index contributed by atoms with van der Waals surface area (Å²) in [5, 5.41) is 32.4. The van der Waals surface area contributed by atoms with Crippen LogP contribution >= 0.6 is 0 Å². The zero-order chi connectivity index (χ0) is 32.3. The second kappa shape index (κ2) is 13.1. The van der Waals surface area contributed by atoms with Crippen LogP contribution in [0.4, 0.5) is 5.69 Å². The molecule has 2 aliphatic heterocycles. The van der Waals surface area contributed by atoms with Crippen LogP contribution in [0.2, 0.25) is 0 Å². The molecule has 45 heavy (non-hydrogen) atoms. The molecule has 234 valence electrons. The van der Waals surface area contributed by atoms with E-state index in [9.17, 15) is 29.9 Å². The smallest absolute Gasteiger partial charge is 0.334 e. The van der Waals surface area contributed by atoms with Crippen molar-refractivity contribution in [3.63, 3.8) is 0 Å². The van der Waals surface area contributed by atoms with Gasteiger partial charge in [0.25, 0.3) is 5.69 Å². The third-order valence-electron chi connectivity index (χ3n) is 9.24. The largest absolute Gasteiger partial charge is 0.478 e. The molecule has 0 unspecified atom stereocenters.